The molecule has 25 heavy (non-hydrogen) atoms. The van der Waals surface area contributed by atoms with E-state index in [1.807, 2.05) is 0 Å². The van der Waals surface area contributed by atoms with Gasteiger partial charge in [-0.05, 0) is 52.0 Å². The maximum Gasteiger partial charge on any atom is 0.131 e. The van der Waals surface area contributed by atoms with E-state index < -0.39 is 17.8 Å². The molecule has 134 valence electrons. The van der Waals surface area contributed by atoms with E-state index in [9.17, 15) is 10.2 Å². The minimum Gasteiger partial charge on any atom is -0.390 e. The number of aliphatic hydroxyl groups excluding tert-OH is 2. The third-order valence-electron chi connectivity index (χ3n) is 6.94. The van der Waals surface area contributed by atoms with Gasteiger partial charge in [0.25, 0.3) is 0 Å². The van der Waals surface area contributed by atoms with Gasteiger partial charge in [0.1, 0.15) is 11.7 Å². The molecule has 4 bridgehead atoms. The molecule has 5 heterocycles. The molecule has 0 radical (unpaired) electrons. The van der Waals surface area contributed by atoms with Gasteiger partial charge in [-0.25, -0.2) is 0 Å². The van der Waals surface area contributed by atoms with Gasteiger partial charge in [0, 0.05) is 29.2 Å². The van der Waals surface area contributed by atoms with Crippen LogP contribution in [0.15, 0.2) is 24.3 Å². The van der Waals surface area contributed by atoms with Crippen molar-refractivity contribution in [2.75, 3.05) is 0 Å². The molecule has 2 aromatic rings. The number of aryl methyl sites for hydroxylation is 2. The Morgan fingerprint density at radius 1 is 1.16 bits per heavy atom. The van der Waals surface area contributed by atoms with Crippen LogP contribution in [0.25, 0.3) is 0 Å². The lowest BCUT2D eigenvalue weighted by Gasteiger charge is -2.40. The molecular formula is C20H26N2O3. The molecule has 5 rings (SSSR count). The van der Waals surface area contributed by atoms with Gasteiger partial charge in [0.15, 0.2) is 0 Å². The van der Waals surface area contributed by atoms with Gasteiger partial charge >= 0.3 is 0 Å². The van der Waals surface area contributed by atoms with Crippen LogP contribution in [0.2, 0.25) is 0 Å². The Labute approximate surface area is 147 Å². The van der Waals surface area contributed by atoms with Crippen LogP contribution in [0.3, 0.4) is 0 Å². The van der Waals surface area contributed by atoms with E-state index in [4.69, 9.17) is 4.74 Å². The molecule has 0 saturated carbocycles. The molecule has 3 aliphatic heterocycles. The van der Waals surface area contributed by atoms with Crippen molar-refractivity contribution in [3.8, 4) is 0 Å². The first-order valence-electron chi connectivity index (χ1n) is 9.26. The molecule has 5 nitrogen and oxygen atoms in total. The fourth-order valence-electron chi connectivity index (χ4n) is 5.93. The van der Waals surface area contributed by atoms with Crippen LogP contribution in [-0.4, -0.2) is 43.3 Å². The van der Waals surface area contributed by atoms with E-state index in [-0.39, 0.29) is 24.1 Å². The van der Waals surface area contributed by atoms with E-state index in [0.717, 1.165) is 5.69 Å². The summed E-state index contributed by atoms with van der Waals surface area (Å²) in [6, 6.07) is 8.80. The summed E-state index contributed by atoms with van der Waals surface area (Å²) in [4.78, 5) is 0. The van der Waals surface area contributed by atoms with Crippen molar-refractivity contribution in [3.05, 3.63) is 47.0 Å². The van der Waals surface area contributed by atoms with Gasteiger partial charge in [-0.2, -0.15) is 0 Å². The minimum absolute atomic E-state index is 0.0650. The molecule has 3 aliphatic rings. The summed E-state index contributed by atoms with van der Waals surface area (Å²) in [5.74, 6) is -0.0650. The average molecular weight is 342 g/mol. The molecule has 0 aromatic carbocycles. The molecule has 0 spiro atoms. The Morgan fingerprint density at radius 2 is 1.84 bits per heavy atom. The lowest BCUT2D eigenvalue weighted by molar-refractivity contribution is -0.177. The molecule has 1 fully saturated rings. The molecular weight excluding hydrogens is 316 g/mol. The maximum atomic E-state index is 11.2. The largest absolute Gasteiger partial charge is 0.390 e. The van der Waals surface area contributed by atoms with Gasteiger partial charge in [0.05, 0.1) is 30.2 Å². The van der Waals surface area contributed by atoms with Crippen molar-refractivity contribution in [2.45, 2.75) is 76.0 Å². The summed E-state index contributed by atoms with van der Waals surface area (Å²) in [6.45, 7) is 8.19. The van der Waals surface area contributed by atoms with Gasteiger partial charge in [-0.1, -0.05) is 0 Å². The molecule has 0 amide bonds. The van der Waals surface area contributed by atoms with Crippen molar-refractivity contribution in [3.63, 3.8) is 0 Å². The highest BCUT2D eigenvalue weighted by Gasteiger charge is 2.67. The van der Waals surface area contributed by atoms with Crippen LogP contribution in [-0.2, 0) is 11.2 Å². The number of nitrogens with zero attached hydrogens (tertiary/aromatic N) is 2. The summed E-state index contributed by atoms with van der Waals surface area (Å²) in [6.07, 6.45) is -1.06. The lowest BCUT2D eigenvalue weighted by atomic mass is 9.72. The predicted molar refractivity (Wildman–Crippen MR) is 93.8 cm³/mol. The van der Waals surface area contributed by atoms with Crippen LogP contribution in [0.1, 0.15) is 54.6 Å². The standard InChI is InChI=1S/C20H26N2O3/c1-10-6-8-15-17-18-19(12(3)21(10)15)25-20(17,13(4)23)16(24)9-14-7-5-11(2)22(14)18/h5-8,12-13,16-19,23-24H,9H2,1-4H3/t12-,13+,16-,17+,18+,19+,20?/m1/s1. The second-order valence-corrected chi connectivity index (χ2v) is 8.15. The van der Waals surface area contributed by atoms with Crippen molar-refractivity contribution < 1.29 is 14.9 Å². The normalized spacial score (nSPS) is 39.7. The van der Waals surface area contributed by atoms with Crippen LogP contribution < -0.4 is 0 Å². The number of fused-ring (bicyclic) bond motifs is 2. The summed E-state index contributed by atoms with van der Waals surface area (Å²) in [7, 11) is 0. The Morgan fingerprint density at radius 3 is 2.56 bits per heavy atom. The SMILES string of the molecule is Cc1ccc2n1[C@@H]1[C@H]3OC([C@H](C)O)([C@H](O)C2)[C@H]1c1ccc(C)n1[C@@H]3C. The van der Waals surface area contributed by atoms with Gasteiger partial charge < -0.3 is 24.1 Å². The highest BCUT2D eigenvalue weighted by Crippen LogP contribution is 2.61. The van der Waals surface area contributed by atoms with Crippen LogP contribution in [0.4, 0.5) is 0 Å². The lowest BCUT2D eigenvalue weighted by Crippen LogP contribution is -2.55. The smallest absolute Gasteiger partial charge is 0.131 e. The second kappa shape index (κ2) is 4.78. The molecule has 1 unspecified atom stereocenters. The highest BCUT2D eigenvalue weighted by atomic mass is 16.5. The van der Waals surface area contributed by atoms with E-state index in [1.54, 1.807) is 6.92 Å². The average Bonchev–Trinajstić information content (AvgIpc) is 3.15. The zero-order valence-corrected chi connectivity index (χ0v) is 15.2. The number of aliphatic hydroxyl groups is 2. The van der Waals surface area contributed by atoms with Crippen LogP contribution in [0.5, 0.6) is 0 Å². The predicted octanol–water partition coefficient (Wildman–Crippen LogP) is 2.24. The number of hydrogen-bond donors (Lipinski definition) is 2. The number of ether oxygens (including phenoxy) is 1. The Kier molecular flexibility index (Phi) is 3.00. The zero-order chi connectivity index (χ0) is 17.7. The molecule has 2 N–H and O–H groups in total. The van der Waals surface area contributed by atoms with Crippen molar-refractivity contribution >= 4 is 0 Å². The van der Waals surface area contributed by atoms with E-state index >= 15 is 0 Å². The molecule has 5 heteroatoms. The van der Waals surface area contributed by atoms with E-state index in [1.165, 1.54) is 17.1 Å². The highest BCUT2D eigenvalue weighted by molar-refractivity contribution is 5.37. The first kappa shape index (κ1) is 15.7. The summed E-state index contributed by atoms with van der Waals surface area (Å²) >= 11 is 0. The maximum absolute atomic E-state index is 11.2. The zero-order valence-electron chi connectivity index (χ0n) is 15.2. The second-order valence-electron chi connectivity index (χ2n) is 8.15. The van der Waals surface area contributed by atoms with E-state index in [0.29, 0.717) is 6.42 Å². The fourth-order valence-corrected chi connectivity index (χ4v) is 5.93. The third-order valence-corrected chi connectivity index (χ3v) is 6.94. The number of aromatic nitrogens is 2. The fraction of sp³-hybridized carbons (Fsp3) is 0.600. The molecule has 7 atom stereocenters. The number of hydrogen-bond acceptors (Lipinski definition) is 3. The van der Waals surface area contributed by atoms with E-state index in [2.05, 4.69) is 54.2 Å². The van der Waals surface area contributed by atoms with Crippen molar-refractivity contribution in [1.29, 1.82) is 0 Å². The van der Waals surface area contributed by atoms with Crippen molar-refractivity contribution in [2.24, 2.45) is 0 Å². The van der Waals surface area contributed by atoms with Gasteiger partial charge in [-0.15, -0.1) is 0 Å². The molecule has 2 aromatic heterocycles. The third kappa shape index (κ3) is 1.65. The Balaban J connectivity index is 1.85. The van der Waals surface area contributed by atoms with Gasteiger partial charge in [-0.3, -0.25) is 0 Å². The summed E-state index contributed by atoms with van der Waals surface area (Å²) in [5.41, 5.74) is 3.75. The van der Waals surface area contributed by atoms with Crippen LogP contribution >= 0.6 is 0 Å². The summed E-state index contributed by atoms with van der Waals surface area (Å²) < 4.78 is 11.3. The Hall–Kier alpha value is -1.56. The Bertz CT molecular complexity index is 851. The first-order chi connectivity index (χ1) is 11.9. The quantitative estimate of drug-likeness (QED) is 0.836. The van der Waals surface area contributed by atoms with Gasteiger partial charge in [0.2, 0.25) is 0 Å². The first-order valence-corrected chi connectivity index (χ1v) is 9.26. The summed E-state index contributed by atoms with van der Waals surface area (Å²) in [5, 5.41) is 22.0. The van der Waals surface area contributed by atoms with Crippen molar-refractivity contribution in [1.82, 2.24) is 9.13 Å². The van der Waals surface area contributed by atoms with Crippen LogP contribution in [0, 0.1) is 13.8 Å². The number of rotatable bonds is 1. The molecule has 0 aliphatic carbocycles. The monoisotopic (exact) mass is 342 g/mol. The minimum atomic E-state index is -0.964. The topological polar surface area (TPSA) is 59.6 Å². The molecule has 1 saturated heterocycles.